The van der Waals surface area contributed by atoms with E-state index in [-0.39, 0.29) is 23.5 Å². The van der Waals surface area contributed by atoms with Crippen LogP contribution in [0.2, 0.25) is 0 Å². The molecule has 4 aliphatic rings. The molecule has 0 aromatic heterocycles. The fourth-order valence-corrected chi connectivity index (χ4v) is 6.71. The van der Waals surface area contributed by atoms with Crippen molar-refractivity contribution in [2.75, 3.05) is 16.8 Å². The number of anilines is 2. The summed E-state index contributed by atoms with van der Waals surface area (Å²) in [4.78, 5) is 55.5. The lowest BCUT2D eigenvalue weighted by atomic mass is 9.75. The van der Waals surface area contributed by atoms with Crippen LogP contribution in [0.1, 0.15) is 36.5 Å². The Kier molecular flexibility index (Phi) is 4.29. The van der Waals surface area contributed by atoms with Crippen molar-refractivity contribution in [2.45, 2.75) is 44.7 Å². The van der Waals surface area contributed by atoms with Gasteiger partial charge in [0, 0.05) is 29.4 Å². The summed E-state index contributed by atoms with van der Waals surface area (Å²) in [5, 5.41) is 14.2. The average Bonchev–Trinajstić information content (AvgIpc) is 3.52. The summed E-state index contributed by atoms with van der Waals surface area (Å²) in [6.45, 7) is 4.34. The van der Waals surface area contributed by atoms with Crippen LogP contribution in [0, 0.1) is 28.9 Å². The van der Waals surface area contributed by atoms with Gasteiger partial charge in [0.1, 0.15) is 5.54 Å². The summed E-state index contributed by atoms with van der Waals surface area (Å²) in [5.74, 6) is -2.46. The number of nitrogens with zero attached hydrogens (tertiary/aromatic N) is 3. The van der Waals surface area contributed by atoms with Crippen LogP contribution in [0.25, 0.3) is 0 Å². The third-order valence-corrected chi connectivity index (χ3v) is 8.10. The molecule has 0 aliphatic carbocycles. The van der Waals surface area contributed by atoms with Gasteiger partial charge in [0.2, 0.25) is 17.7 Å². The van der Waals surface area contributed by atoms with Gasteiger partial charge < -0.3 is 5.32 Å². The second-order valence-corrected chi connectivity index (χ2v) is 9.60. The molecule has 2 aromatic rings. The van der Waals surface area contributed by atoms with E-state index in [0.717, 1.165) is 30.4 Å². The average molecular weight is 460 g/mol. The van der Waals surface area contributed by atoms with Gasteiger partial charge in [-0.15, -0.1) is 0 Å². The standard InChI is InChI=1S/C25H24N4O5/c1-3-14-6-8-17-16(12-14)25(24(32)26-17)21-20(19-5-4-10-27(19)25)22(30)28(23(21)31)18-9-7-15(29(33)34)11-13(18)2/h6-9,11-12,19-21H,3-5,10H2,1-2H3,(H,26,32)/t19-,20-,21+,25-/m1/s1. The first-order chi connectivity index (χ1) is 16.3. The predicted octanol–water partition coefficient (Wildman–Crippen LogP) is 2.90. The van der Waals surface area contributed by atoms with Gasteiger partial charge in [-0.1, -0.05) is 19.1 Å². The quantitative estimate of drug-likeness (QED) is 0.428. The number of rotatable bonds is 3. The summed E-state index contributed by atoms with van der Waals surface area (Å²) >= 11 is 0. The number of aryl methyl sites for hydroxylation is 2. The highest BCUT2D eigenvalue weighted by Crippen LogP contribution is 2.60. The third-order valence-electron chi connectivity index (χ3n) is 8.10. The minimum atomic E-state index is -1.22. The van der Waals surface area contributed by atoms with Crippen molar-refractivity contribution >= 4 is 34.8 Å². The van der Waals surface area contributed by atoms with E-state index in [9.17, 15) is 24.5 Å². The highest BCUT2D eigenvalue weighted by molar-refractivity contribution is 6.26. The Balaban J connectivity index is 1.53. The second-order valence-electron chi connectivity index (χ2n) is 9.60. The van der Waals surface area contributed by atoms with E-state index in [4.69, 9.17) is 0 Å². The molecule has 3 fully saturated rings. The summed E-state index contributed by atoms with van der Waals surface area (Å²) in [6, 6.07) is 9.79. The number of nitrogens with one attached hydrogen (secondary N) is 1. The molecular weight excluding hydrogens is 436 g/mol. The van der Waals surface area contributed by atoms with Crippen LogP contribution in [0.4, 0.5) is 17.1 Å². The van der Waals surface area contributed by atoms with Crippen molar-refractivity contribution in [2.24, 2.45) is 11.8 Å². The van der Waals surface area contributed by atoms with E-state index >= 15 is 0 Å². The highest BCUT2D eigenvalue weighted by atomic mass is 16.6. The number of non-ortho nitro benzene ring substituents is 1. The number of nitro groups is 1. The van der Waals surface area contributed by atoms with Gasteiger partial charge in [-0.05, 0) is 56.0 Å². The number of hydrogen-bond donors (Lipinski definition) is 1. The van der Waals surface area contributed by atoms with Crippen molar-refractivity contribution in [1.29, 1.82) is 0 Å². The van der Waals surface area contributed by atoms with E-state index in [1.54, 1.807) is 6.92 Å². The van der Waals surface area contributed by atoms with Gasteiger partial charge in [0.05, 0.1) is 22.4 Å². The first kappa shape index (κ1) is 21.0. The zero-order chi connectivity index (χ0) is 23.9. The lowest BCUT2D eigenvalue weighted by Crippen LogP contribution is -2.54. The van der Waals surface area contributed by atoms with Crippen molar-refractivity contribution < 1.29 is 19.3 Å². The Morgan fingerprint density at radius 1 is 1.15 bits per heavy atom. The van der Waals surface area contributed by atoms with E-state index in [1.165, 1.54) is 23.1 Å². The van der Waals surface area contributed by atoms with Crippen molar-refractivity contribution in [3.8, 4) is 0 Å². The van der Waals surface area contributed by atoms with Gasteiger partial charge >= 0.3 is 0 Å². The van der Waals surface area contributed by atoms with Crippen LogP contribution >= 0.6 is 0 Å². The van der Waals surface area contributed by atoms with E-state index in [0.29, 0.717) is 23.5 Å². The molecule has 4 atom stereocenters. The molecule has 1 N–H and O–H groups in total. The first-order valence-electron chi connectivity index (χ1n) is 11.6. The molecule has 0 unspecified atom stereocenters. The number of hydrogen-bond acceptors (Lipinski definition) is 6. The van der Waals surface area contributed by atoms with E-state index < -0.39 is 28.2 Å². The van der Waals surface area contributed by atoms with Crippen LogP contribution in [-0.4, -0.2) is 40.1 Å². The molecule has 4 aliphatic heterocycles. The molecular formula is C25H24N4O5. The van der Waals surface area contributed by atoms with Crippen molar-refractivity contribution in [3.63, 3.8) is 0 Å². The minimum Gasteiger partial charge on any atom is -0.324 e. The largest absolute Gasteiger partial charge is 0.324 e. The molecule has 1 spiro atoms. The van der Waals surface area contributed by atoms with Crippen LogP contribution < -0.4 is 10.2 Å². The molecule has 4 heterocycles. The van der Waals surface area contributed by atoms with Crippen LogP contribution in [0.15, 0.2) is 36.4 Å². The Labute approximate surface area is 195 Å². The first-order valence-corrected chi connectivity index (χ1v) is 11.6. The van der Waals surface area contributed by atoms with Crippen LogP contribution in [0.3, 0.4) is 0 Å². The highest BCUT2D eigenvalue weighted by Gasteiger charge is 2.74. The van der Waals surface area contributed by atoms with E-state index in [2.05, 4.69) is 10.2 Å². The SMILES string of the molecule is CCc1ccc2c(c1)[C@]1(C(=O)N2)[C@@H]2C(=O)N(c3ccc([N+](=O)[O-])cc3C)C(=O)[C@@H]2[C@H]2CCCN21. The van der Waals surface area contributed by atoms with E-state index in [1.807, 2.05) is 25.1 Å². The molecule has 3 amide bonds. The third kappa shape index (κ3) is 2.39. The zero-order valence-corrected chi connectivity index (χ0v) is 18.9. The summed E-state index contributed by atoms with van der Waals surface area (Å²) in [5.41, 5.74) is 2.03. The number of nitro benzene ring substituents is 1. The minimum absolute atomic E-state index is 0.102. The molecule has 34 heavy (non-hydrogen) atoms. The fourth-order valence-electron chi connectivity index (χ4n) is 6.71. The molecule has 0 saturated carbocycles. The Morgan fingerprint density at radius 2 is 1.94 bits per heavy atom. The lowest BCUT2D eigenvalue weighted by molar-refractivity contribution is -0.384. The number of amides is 3. The topological polar surface area (TPSA) is 113 Å². The molecule has 9 heteroatoms. The number of benzene rings is 2. The maximum Gasteiger partial charge on any atom is 0.269 e. The lowest BCUT2D eigenvalue weighted by Gasteiger charge is -2.37. The van der Waals surface area contributed by atoms with Gasteiger partial charge in [-0.2, -0.15) is 0 Å². The van der Waals surface area contributed by atoms with Gasteiger partial charge in [-0.3, -0.25) is 29.4 Å². The maximum atomic E-state index is 14.0. The summed E-state index contributed by atoms with van der Waals surface area (Å²) in [7, 11) is 0. The number of fused-ring (bicyclic) bond motifs is 7. The fraction of sp³-hybridized carbons (Fsp3) is 0.400. The number of carbonyl (C=O) groups is 3. The summed E-state index contributed by atoms with van der Waals surface area (Å²) in [6.07, 6.45) is 2.38. The number of carbonyl (C=O) groups excluding carboxylic acids is 3. The molecule has 2 aromatic carbocycles. The number of imide groups is 1. The molecule has 0 radical (unpaired) electrons. The monoisotopic (exact) mass is 460 g/mol. The summed E-state index contributed by atoms with van der Waals surface area (Å²) < 4.78 is 0. The zero-order valence-electron chi connectivity index (χ0n) is 18.9. The van der Waals surface area contributed by atoms with Crippen LogP contribution in [-0.2, 0) is 26.3 Å². The molecule has 174 valence electrons. The Hall–Kier alpha value is -3.59. The van der Waals surface area contributed by atoms with Crippen molar-refractivity contribution in [3.05, 3.63) is 63.2 Å². The smallest absolute Gasteiger partial charge is 0.269 e. The van der Waals surface area contributed by atoms with Crippen LogP contribution in [0.5, 0.6) is 0 Å². The normalized spacial score (nSPS) is 29.5. The molecule has 9 nitrogen and oxygen atoms in total. The van der Waals surface area contributed by atoms with Gasteiger partial charge in [-0.25, -0.2) is 4.90 Å². The Morgan fingerprint density at radius 3 is 2.65 bits per heavy atom. The molecule has 6 rings (SSSR count). The predicted molar refractivity (Wildman–Crippen MR) is 123 cm³/mol. The Bertz CT molecular complexity index is 1310. The van der Waals surface area contributed by atoms with Gasteiger partial charge in [0.15, 0.2) is 0 Å². The van der Waals surface area contributed by atoms with Crippen molar-refractivity contribution in [1.82, 2.24) is 4.90 Å². The molecule has 0 bridgehead atoms. The molecule has 3 saturated heterocycles. The second kappa shape index (κ2) is 6.96. The van der Waals surface area contributed by atoms with Gasteiger partial charge in [0.25, 0.3) is 5.69 Å². The maximum absolute atomic E-state index is 14.0.